The lowest BCUT2D eigenvalue weighted by molar-refractivity contribution is 0.362. The highest BCUT2D eigenvalue weighted by Gasteiger charge is 2.15. The van der Waals surface area contributed by atoms with Crippen molar-refractivity contribution in [3.63, 3.8) is 0 Å². The third-order valence-electron chi connectivity index (χ3n) is 1.78. The molecule has 0 aliphatic carbocycles. The van der Waals surface area contributed by atoms with Crippen LogP contribution in [-0.4, -0.2) is 6.54 Å². The molecular formula is C9H18N+. The van der Waals surface area contributed by atoms with Crippen LogP contribution < -0.4 is 0 Å². The Morgan fingerprint density at radius 1 is 1.30 bits per heavy atom. The Kier molecular flexibility index (Phi) is 4.11. The van der Waals surface area contributed by atoms with E-state index >= 15 is 0 Å². The lowest BCUT2D eigenvalue weighted by Crippen LogP contribution is -2.07. The molecule has 10 heavy (non-hydrogen) atoms. The van der Waals surface area contributed by atoms with Gasteiger partial charge in [-0.2, -0.15) is 0 Å². The lowest BCUT2D eigenvalue weighted by Gasteiger charge is -2.15. The second kappa shape index (κ2) is 4.33. The van der Waals surface area contributed by atoms with E-state index in [9.17, 15) is 0 Å². The van der Waals surface area contributed by atoms with Crippen LogP contribution >= 0.6 is 0 Å². The summed E-state index contributed by atoms with van der Waals surface area (Å²) in [6.07, 6.45) is 2.18. The summed E-state index contributed by atoms with van der Waals surface area (Å²) < 4.78 is 0. The second-order valence-corrected chi connectivity index (χ2v) is 3.33. The third kappa shape index (κ3) is 4.38. The van der Waals surface area contributed by atoms with Gasteiger partial charge in [-0.3, -0.25) is 0 Å². The van der Waals surface area contributed by atoms with E-state index in [1.165, 1.54) is 6.42 Å². The van der Waals surface area contributed by atoms with Gasteiger partial charge < -0.3 is 0 Å². The molecule has 0 aromatic rings. The van der Waals surface area contributed by atoms with Gasteiger partial charge in [-0.05, 0) is 11.8 Å². The normalized spacial score (nSPS) is 10.4. The summed E-state index contributed by atoms with van der Waals surface area (Å²) in [6, 6.07) is 3.05. The molecular weight excluding hydrogens is 122 g/mol. The van der Waals surface area contributed by atoms with Crippen LogP contribution in [0.5, 0.6) is 0 Å². The quantitative estimate of drug-likeness (QED) is 0.555. The molecule has 0 radical (unpaired) electrons. The predicted octanol–water partition coefficient (Wildman–Crippen LogP) is 3.17. The smallest absolute Gasteiger partial charge is 0.0840 e. The minimum absolute atomic E-state index is 0.388. The molecule has 1 nitrogen and oxygen atoms in total. The highest BCUT2D eigenvalue weighted by atomic mass is 14.6. The number of hydrogen-bond acceptors (Lipinski definition) is 0. The molecule has 58 valence electrons. The van der Waals surface area contributed by atoms with Gasteiger partial charge in [0.2, 0.25) is 0 Å². The Morgan fingerprint density at radius 3 is 2.30 bits per heavy atom. The molecule has 0 amide bonds. The topological polar surface area (TPSA) is 4.36 Å². The summed E-state index contributed by atoms with van der Waals surface area (Å²) in [5.41, 5.74) is 0.388. The minimum atomic E-state index is 0.388. The number of nitrogens with zero attached hydrogens (tertiary/aromatic N) is 1. The van der Waals surface area contributed by atoms with Crippen molar-refractivity contribution in [3.8, 4) is 6.07 Å². The SMILES string of the molecule is CC[N+]#CCC(C)(C)CC. The van der Waals surface area contributed by atoms with Gasteiger partial charge in [-0.1, -0.05) is 25.6 Å². The first-order chi connectivity index (χ1) is 4.62. The Labute approximate surface area is 64.3 Å². The highest BCUT2D eigenvalue weighted by molar-refractivity contribution is 4.90. The van der Waals surface area contributed by atoms with E-state index in [1.807, 2.05) is 6.92 Å². The molecule has 0 saturated heterocycles. The molecule has 0 bridgehead atoms. The van der Waals surface area contributed by atoms with Crippen LogP contribution in [0.2, 0.25) is 0 Å². The first-order valence-electron chi connectivity index (χ1n) is 4.01. The van der Waals surface area contributed by atoms with E-state index in [4.69, 9.17) is 0 Å². The molecule has 0 aromatic heterocycles. The van der Waals surface area contributed by atoms with Gasteiger partial charge in [-0.25, -0.2) is 0 Å². The summed E-state index contributed by atoms with van der Waals surface area (Å²) in [5.74, 6) is 0. The lowest BCUT2D eigenvalue weighted by atomic mass is 9.87. The van der Waals surface area contributed by atoms with Crippen molar-refractivity contribution < 1.29 is 0 Å². The van der Waals surface area contributed by atoms with Gasteiger partial charge in [-0.15, -0.1) is 0 Å². The van der Waals surface area contributed by atoms with Gasteiger partial charge in [0.25, 0.3) is 12.6 Å². The fourth-order valence-corrected chi connectivity index (χ4v) is 0.507. The molecule has 0 rings (SSSR count). The molecule has 0 aliphatic heterocycles. The van der Waals surface area contributed by atoms with Gasteiger partial charge in [0.1, 0.15) is 0 Å². The van der Waals surface area contributed by atoms with Gasteiger partial charge >= 0.3 is 0 Å². The maximum atomic E-state index is 4.05. The summed E-state index contributed by atoms with van der Waals surface area (Å²) >= 11 is 0. The number of hydrogen-bond donors (Lipinski definition) is 0. The first-order valence-corrected chi connectivity index (χ1v) is 4.01. The van der Waals surface area contributed by atoms with E-state index in [1.54, 1.807) is 0 Å². The standard InChI is InChI=1S/C9H18N/c1-5-9(3,4)7-8-10-6-2/h5-7H2,1-4H3/q+1. The Bertz CT molecular complexity index is 137. The van der Waals surface area contributed by atoms with E-state index in [0.717, 1.165) is 13.0 Å². The van der Waals surface area contributed by atoms with Crippen molar-refractivity contribution in [3.05, 3.63) is 4.85 Å². The zero-order valence-electron chi connectivity index (χ0n) is 7.57. The van der Waals surface area contributed by atoms with Gasteiger partial charge in [0.15, 0.2) is 0 Å². The van der Waals surface area contributed by atoms with Crippen LogP contribution in [0, 0.1) is 11.5 Å². The molecule has 0 heterocycles. The summed E-state index contributed by atoms with van der Waals surface area (Å²) in [5, 5.41) is 0. The average Bonchev–Trinajstić information content (AvgIpc) is 1.89. The molecule has 0 aromatic carbocycles. The molecule has 0 saturated carbocycles. The van der Waals surface area contributed by atoms with Crippen molar-refractivity contribution in [2.75, 3.05) is 6.54 Å². The maximum absolute atomic E-state index is 4.05. The van der Waals surface area contributed by atoms with Crippen molar-refractivity contribution in [1.29, 1.82) is 0 Å². The predicted molar refractivity (Wildman–Crippen MR) is 46.5 cm³/mol. The fraction of sp³-hybridized carbons (Fsp3) is 0.889. The fourth-order valence-electron chi connectivity index (χ4n) is 0.507. The van der Waals surface area contributed by atoms with Crippen LogP contribution in [0.15, 0.2) is 0 Å². The van der Waals surface area contributed by atoms with Crippen molar-refractivity contribution in [1.82, 2.24) is 0 Å². The van der Waals surface area contributed by atoms with E-state index in [2.05, 4.69) is 31.7 Å². The minimum Gasteiger partial charge on any atom is -0.0840 e. The average molecular weight is 140 g/mol. The van der Waals surface area contributed by atoms with Crippen molar-refractivity contribution >= 4 is 0 Å². The van der Waals surface area contributed by atoms with Crippen LogP contribution in [0.25, 0.3) is 4.85 Å². The van der Waals surface area contributed by atoms with E-state index in [-0.39, 0.29) is 0 Å². The summed E-state index contributed by atoms with van der Waals surface area (Å²) in [6.45, 7) is 9.58. The molecule has 0 aliphatic rings. The molecule has 0 atom stereocenters. The van der Waals surface area contributed by atoms with Crippen LogP contribution in [0.3, 0.4) is 0 Å². The van der Waals surface area contributed by atoms with E-state index < -0.39 is 0 Å². The second-order valence-electron chi connectivity index (χ2n) is 3.33. The molecule has 0 N–H and O–H groups in total. The van der Waals surface area contributed by atoms with Crippen LogP contribution in [0.4, 0.5) is 0 Å². The molecule has 0 fully saturated rings. The monoisotopic (exact) mass is 140 g/mol. The Balaban J connectivity index is 3.66. The van der Waals surface area contributed by atoms with Crippen molar-refractivity contribution in [2.45, 2.75) is 40.5 Å². The molecule has 1 heteroatoms. The van der Waals surface area contributed by atoms with Crippen molar-refractivity contribution in [2.24, 2.45) is 5.41 Å². The summed E-state index contributed by atoms with van der Waals surface area (Å²) in [7, 11) is 0. The molecule has 0 unspecified atom stereocenters. The molecule has 0 spiro atoms. The zero-order valence-corrected chi connectivity index (χ0v) is 7.57. The van der Waals surface area contributed by atoms with Gasteiger partial charge in [0.05, 0.1) is 6.42 Å². The largest absolute Gasteiger partial charge is 0.273 e. The Hall–Kier alpha value is -0.510. The maximum Gasteiger partial charge on any atom is 0.273 e. The van der Waals surface area contributed by atoms with Crippen LogP contribution in [0.1, 0.15) is 40.5 Å². The Morgan fingerprint density at radius 2 is 1.90 bits per heavy atom. The first kappa shape index (κ1) is 9.49. The van der Waals surface area contributed by atoms with Gasteiger partial charge in [0, 0.05) is 6.92 Å². The highest BCUT2D eigenvalue weighted by Crippen LogP contribution is 2.23. The van der Waals surface area contributed by atoms with E-state index in [0.29, 0.717) is 5.41 Å². The summed E-state index contributed by atoms with van der Waals surface area (Å²) in [4.78, 5) is 4.05. The zero-order chi connectivity index (χ0) is 8.04. The third-order valence-corrected chi connectivity index (χ3v) is 1.78. The van der Waals surface area contributed by atoms with Crippen LogP contribution in [-0.2, 0) is 0 Å². The number of rotatable bonds is 2.